The van der Waals surface area contributed by atoms with E-state index in [0.717, 1.165) is 12.1 Å². The van der Waals surface area contributed by atoms with Crippen molar-refractivity contribution in [3.63, 3.8) is 0 Å². The molecule has 1 aromatic carbocycles. The number of likely N-dealkylation sites (tertiary alicyclic amines) is 1. The third kappa shape index (κ3) is 3.37. The Morgan fingerprint density at radius 2 is 1.94 bits per heavy atom. The Hall–Kier alpha value is -1.26. The molecule has 1 saturated heterocycles. The molecule has 4 nitrogen and oxygen atoms in total. The lowest BCUT2D eigenvalue weighted by Crippen LogP contribution is -2.44. The van der Waals surface area contributed by atoms with E-state index >= 15 is 0 Å². The normalized spacial score (nSPS) is 22.9. The number of phenolic OH excluding ortho intramolecular Hbond substituents is 2. The maximum absolute atomic E-state index is 9.49. The third-order valence-electron chi connectivity index (χ3n) is 3.54. The summed E-state index contributed by atoms with van der Waals surface area (Å²) in [6, 6.07) is 5.35. The van der Waals surface area contributed by atoms with Crippen molar-refractivity contribution in [2.24, 2.45) is 0 Å². The van der Waals surface area contributed by atoms with E-state index in [1.54, 1.807) is 12.1 Å². The quantitative estimate of drug-likeness (QED) is 0.766. The summed E-state index contributed by atoms with van der Waals surface area (Å²) in [6.07, 6.45) is 2.39. The van der Waals surface area contributed by atoms with Crippen LogP contribution in [0.4, 0.5) is 0 Å². The minimum absolute atomic E-state index is 0.111. The lowest BCUT2D eigenvalue weighted by atomic mass is 10.0. The van der Waals surface area contributed by atoms with Gasteiger partial charge in [0.15, 0.2) is 0 Å². The van der Waals surface area contributed by atoms with Crippen LogP contribution in [0.2, 0.25) is 0 Å². The van der Waals surface area contributed by atoms with Gasteiger partial charge in [-0.25, -0.2) is 0 Å². The molecule has 0 spiro atoms. The highest BCUT2D eigenvalue weighted by Crippen LogP contribution is 2.25. The molecule has 1 aliphatic rings. The topological polar surface area (TPSA) is 55.7 Å². The average molecular weight is 250 g/mol. The monoisotopic (exact) mass is 250 g/mol. The molecule has 2 rings (SSSR count). The zero-order chi connectivity index (χ0) is 13.1. The van der Waals surface area contributed by atoms with Crippen LogP contribution in [0.3, 0.4) is 0 Å². The number of nitrogens with zero attached hydrogens (tertiary/aromatic N) is 1. The van der Waals surface area contributed by atoms with Gasteiger partial charge in [0, 0.05) is 24.7 Å². The van der Waals surface area contributed by atoms with Crippen molar-refractivity contribution in [2.45, 2.75) is 31.8 Å². The van der Waals surface area contributed by atoms with Gasteiger partial charge in [-0.3, -0.25) is 0 Å². The second-order valence-electron chi connectivity index (χ2n) is 5.27. The fraction of sp³-hybridized carbons (Fsp3) is 0.571. The summed E-state index contributed by atoms with van der Waals surface area (Å²) >= 11 is 0. The van der Waals surface area contributed by atoms with Crippen molar-refractivity contribution < 1.29 is 10.2 Å². The molecule has 1 fully saturated rings. The van der Waals surface area contributed by atoms with Crippen LogP contribution in [0.15, 0.2) is 18.2 Å². The smallest absolute Gasteiger partial charge is 0.119 e. The van der Waals surface area contributed by atoms with Crippen LogP contribution in [0.5, 0.6) is 11.5 Å². The molecule has 3 N–H and O–H groups in total. The highest BCUT2D eigenvalue weighted by atomic mass is 16.3. The number of aromatic hydroxyl groups is 2. The van der Waals surface area contributed by atoms with E-state index in [2.05, 4.69) is 24.2 Å². The molecule has 0 radical (unpaired) electrons. The standard InChI is InChI=1S/C14H22N2O2/c1-10(11-6-13(17)8-14(18)7-11)15-12-4-3-5-16(2)9-12/h6-8,10,12,15,17-18H,3-5,9H2,1-2H3. The van der Waals surface area contributed by atoms with Crippen molar-refractivity contribution in [1.29, 1.82) is 0 Å². The number of hydrogen-bond donors (Lipinski definition) is 3. The molecule has 100 valence electrons. The number of phenols is 2. The second-order valence-corrected chi connectivity index (χ2v) is 5.27. The van der Waals surface area contributed by atoms with Crippen LogP contribution in [0, 0.1) is 0 Å². The van der Waals surface area contributed by atoms with E-state index in [1.807, 2.05) is 0 Å². The van der Waals surface area contributed by atoms with Crippen LogP contribution in [0.1, 0.15) is 31.4 Å². The fourth-order valence-electron chi connectivity index (χ4n) is 2.62. The first-order chi connectivity index (χ1) is 8.54. The van der Waals surface area contributed by atoms with Gasteiger partial charge in [-0.1, -0.05) is 0 Å². The van der Waals surface area contributed by atoms with Crippen molar-refractivity contribution in [2.75, 3.05) is 20.1 Å². The molecule has 0 bridgehead atoms. The first kappa shape index (κ1) is 13.2. The van der Waals surface area contributed by atoms with Gasteiger partial charge >= 0.3 is 0 Å². The molecule has 1 aromatic rings. The van der Waals surface area contributed by atoms with Gasteiger partial charge in [0.25, 0.3) is 0 Å². The molecule has 18 heavy (non-hydrogen) atoms. The Morgan fingerprint density at radius 3 is 2.56 bits per heavy atom. The van der Waals surface area contributed by atoms with Crippen LogP contribution < -0.4 is 5.32 Å². The molecular formula is C14H22N2O2. The lowest BCUT2D eigenvalue weighted by molar-refractivity contribution is 0.218. The SMILES string of the molecule is CC(NC1CCCN(C)C1)c1cc(O)cc(O)c1. The number of nitrogens with one attached hydrogen (secondary N) is 1. The fourth-order valence-corrected chi connectivity index (χ4v) is 2.62. The zero-order valence-corrected chi connectivity index (χ0v) is 11.1. The van der Waals surface area contributed by atoms with Crippen molar-refractivity contribution in [3.05, 3.63) is 23.8 Å². The van der Waals surface area contributed by atoms with Gasteiger partial charge in [0.05, 0.1) is 0 Å². The number of benzene rings is 1. The van der Waals surface area contributed by atoms with Crippen LogP contribution in [-0.2, 0) is 0 Å². The highest BCUT2D eigenvalue weighted by molar-refractivity contribution is 5.37. The Morgan fingerprint density at radius 1 is 1.28 bits per heavy atom. The average Bonchev–Trinajstić information content (AvgIpc) is 2.27. The van der Waals surface area contributed by atoms with Crippen LogP contribution >= 0.6 is 0 Å². The molecule has 0 aliphatic carbocycles. The van der Waals surface area contributed by atoms with Crippen LogP contribution in [-0.4, -0.2) is 41.3 Å². The predicted molar refractivity (Wildman–Crippen MR) is 71.8 cm³/mol. The van der Waals surface area contributed by atoms with Gasteiger partial charge < -0.3 is 20.4 Å². The first-order valence-electron chi connectivity index (χ1n) is 6.52. The first-order valence-corrected chi connectivity index (χ1v) is 6.52. The lowest BCUT2D eigenvalue weighted by Gasteiger charge is -2.32. The van der Waals surface area contributed by atoms with E-state index in [0.29, 0.717) is 6.04 Å². The largest absolute Gasteiger partial charge is 0.508 e. The van der Waals surface area contributed by atoms with E-state index in [4.69, 9.17) is 0 Å². The summed E-state index contributed by atoms with van der Waals surface area (Å²) in [6.45, 7) is 4.28. The summed E-state index contributed by atoms with van der Waals surface area (Å²) < 4.78 is 0. The van der Waals surface area contributed by atoms with Gasteiger partial charge in [-0.2, -0.15) is 0 Å². The van der Waals surface area contributed by atoms with E-state index < -0.39 is 0 Å². The Labute approximate surface area is 108 Å². The van der Waals surface area contributed by atoms with Crippen molar-refractivity contribution in [3.8, 4) is 11.5 Å². The molecule has 0 aromatic heterocycles. The number of hydrogen-bond acceptors (Lipinski definition) is 4. The van der Waals surface area contributed by atoms with Crippen molar-refractivity contribution >= 4 is 0 Å². The number of rotatable bonds is 3. The number of piperidine rings is 1. The molecule has 4 heteroatoms. The number of likely N-dealkylation sites (N-methyl/N-ethyl adjacent to an activating group) is 1. The molecule has 0 saturated carbocycles. The minimum Gasteiger partial charge on any atom is -0.508 e. The molecule has 2 unspecified atom stereocenters. The molecule has 0 amide bonds. The molecule has 1 aliphatic heterocycles. The summed E-state index contributed by atoms with van der Waals surface area (Å²) in [5.74, 6) is 0.221. The zero-order valence-electron chi connectivity index (χ0n) is 11.1. The second kappa shape index (κ2) is 5.59. The Bertz CT molecular complexity index is 389. The summed E-state index contributed by atoms with van der Waals surface area (Å²) in [5.41, 5.74) is 0.917. The predicted octanol–water partition coefficient (Wildman–Crippen LogP) is 1.84. The maximum Gasteiger partial charge on any atom is 0.119 e. The molecular weight excluding hydrogens is 228 g/mol. The van der Waals surface area contributed by atoms with Gasteiger partial charge in [0.2, 0.25) is 0 Å². The van der Waals surface area contributed by atoms with Gasteiger partial charge in [-0.15, -0.1) is 0 Å². The van der Waals surface area contributed by atoms with E-state index in [9.17, 15) is 10.2 Å². The van der Waals surface area contributed by atoms with Gasteiger partial charge in [-0.05, 0) is 51.1 Å². The summed E-state index contributed by atoms with van der Waals surface area (Å²) in [5, 5.41) is 22.5. The molecule has 2 atom stereocenters. The third-order valence-corrected chi connectivity index (χ3v) is 3.54. The maximum atomic E-state index is 9.49. The van der Waals surface area contributed by atoms with Crippen molar-refractivity contribution in [1.82, 2.24) is 10.2 Å². The summed E-state index contributed by atoms with van der Waals surface area (Å²) in [7, 11) is 2.14. The Balaban J connectivity index is 2.00. The summed E-state index contributed by atoms with van der Waals surface area (Å²) in [4.78, 5) is 2.33. The van der Waals surface area contributed by atoms with Gasteiger partial charge in [0.1, 0.15) is 11.5 Å². The molecule has 1 heterocycles. The minimum atomic E-state index is 0.111. The highest BCUT2D eigenvalue weighted by Gasteiger charge is 2.19. The van der Waals surface area contributed by atoms with E-state index in [-0.39, 0.29) is 17.5 Å². The van der Waals surface area contributed by atoms with Crippen LogP contribution in [0.25, 0.3) is 0 Å². The van der Waals surface area contributed by atoms with E-state index in [1.165, 1.54) is 25.5 Å². The Kier molecular flexibility index (Phi) is 4.09.